The Hall–Kier alpha value is -1.73. The summed E-state index contributed by atoms with van der Waals surface area (Å²) in [6, 6.07) is 16.3. The van der Waals surface area contributed by atoms with E-state index in [1.54, 1.807) is 31.4 Å². The zero-order valence-electron chi connectivity index (χ0n) is 9.42. The van der Waals surface area contributed by atoms with Crippen LogP contribution in [0.3, 0.4) is 0 Å². The lowest BCUT2D eigenvalue weighted by Crippen LogP contribution is -1.99. The first-order valence-electron chi connectivity index (χ1n) is 5.21. The minimum absolute atomic E-state index is 0.503. The van der Waals surface area contributed by atoms with Crippen molar-refractivity contribution in [2.24, 2.45) is 0 Å². The van der Waals surface area contributed by atoms with Crippen LogP contribution in [0.4, 0.5) is 0 Å². The molecule has 0 aliphatic carbocycles. The lowest BCUT2D eigenvalue weighted by molar-refractivity contribution is 0.394. The lowest BCUT2D eigenvalue weighted by Gasteiger charge is -2.09. The molecule has 4 heteroatoms. The maximum absolute atomic E-state index is 12.0. The molecule has 0 spiro atoms. The van der Waals surface area contributed by atoms with Gasteiger partial charge in [0.05, 0.1) is 7.11 Å². The molecule has 2 rings (SSSR count). The summed E-state index contributed by atoms with van der Waals surface area (Å²) in [5, 5.41) is 0.698. The molecule has 1 atom stereocenters. The van der Waals surface area contributed by atoms with Crippen LogP contribution in [-0.4, -0.2) is 7.11 Å². The molecular formula is C13H13O3P. The van der Waals surface area contributed by atoms with Gasteiger partial charge in [-0.15, -0.1) is 0 Å². The molecule has 0 fully saturated rings. The first-order valence-corrected chi connectivity index (χ1v) is 6.53. The van der Waals surface area contributed by atoms with Crippen LogP contribution in [0.25, 0.3) is 0 Å². The summed E-state index contributed by atoms with van der Waals surface area (Å²) in [6.07, 6.45) is 0. The minimum Gasteiger partial charge on any atom is -0.493 e. The van der Waals surface area contributed by atoms with Crippen molar-refractivity contribution in [3.05, 3.63) is 54.6 Å². The quantitative estimate of drug-likeness (QED) is 0.780. The highest BCUT2D eigenvalue weighted by molar-refractivity contribution is 7.48. The first kappa shape index (κ1) is 11.7. The number of benzene rings is 2. The fourth-order valence-corrected chi connectivity index (χ4v) is 2.39. The molecule has 0 aliphatic rings. The summed E-state index contributed by atoms with van der Waals surface area (Å²) in [4.78, 5) is 0. The van der Waals surface area contributed by atoms with Gasteiger partial charge in [0, 0.05) is 5.30 Å². The smallest absolute Gasteiger partial charge is 0.266 e. The van der Waals surface area contributed by atoms with Gasteiger partial charge < -0.3 is 9.26 Å². The van der Waals surface area contributed by atoms with E-state index in [0.717, 1.165) is 0 Å². The van der Waals surface area contributed by atoms with Gasteiger partial charge in [-0.3, -0.25) is 4.57 Å². The van der Waals surface area contributed by atoms with Crippen LogP contribution in [-0.2, 0) is 4.57 Å². The number of ether oxygens (including phenoxy) is 1. The Morgan fingerprint density at radius 3 is 2.12 bits per heavy atom. The van der Waals surface area contributed by atoms with Crippen LogP contribution < -0.4 is 14.6 Å². The van der Waals surface area contributed by atoms with E-state index in [1.165, 1.54) is 0 Å². The average molecular weight is 248 g/mol. The van der Waals surface area contributed by atoms with Crippen molar-refractivity contribution in [2.45, 2.75) is 0 Å². The Labute approximate surface area is 101 Å². The van der Waals surface area contributed by atoms with E-state index in [0.29, 0.717) is 16.8 Å². The third kappa shape index (κ3) is 2.89. The molecule has 17 heavy (non-hydrogen) atoms. The van der Waals surface area contributed by atoms with Crippen molar-refractivity contribution in [3.63, 3.8) is 0 Å². The largest absolute Gasteiger partial charge is 0.493 e. The Bertz CT molecular complexity index is 511. The minimum atomic E-state index is -2.28. The lowest BCUT2D eigenvalue weighted by atomic mass is 10.3. The van der Waals surface area contributed by atoms with Gasteiger partial charge in [-0.1, -0.05) is 30.3 Å². The van der Waals surface area contributed by atoms with Crippen molar-refractivity contribution < 1.29 is 13.8 Å². The summed E-state index contributed by atoms with van der Waals surface area (Å²) in [6.45, 7) is 0. The molecule has 0 bridgehead atoms. The monoisotopic (exact) mass is 248 g/mol. The molecule has 3 nitrogen and oxygen atoms in total. The Morgan fingerprint density at radius 2 is 1.47 bits per heavy atom. The number of hydrogen-bond donors (Lipinski definition) is 0. The average Bonchev–Trinajstić information content (AvgIpc) is 2.40. The standard InChI is InChI=1S/C13H13O3P/c1-15-12-9-5-6-10-13(12)16-17(14)11-7-3-2-4-8-11/h2-10,17H,1H3. The van der Waals surface area contributed by atoms with E-state index < -0.39 is 8.03 Å². The van der Waals surface area contributed by atoms with Gasteiger partial charge in [0.25, 0.3) is 8.03 Å². The van der Waals surface area contributed by atoms with Crippen LogP contribution in [0, 0.1) is 0 Å². The SMILES string of the molecule is COc1ccccc1O[PH](=O)c1ccccc1. The van der Waals surface area contributed by atoms with E-state index >= 15 is 0 Å². The molecule has 2 aromatic carbocycles. The summed E-state index contributed by atoms with van der Waals surface area (Å²) < 4.78 is 22.6. The molecule has 0 radical (unpaired) electrons. The predicted molar refractivity (Wildman–Crippen MR) is 68.7 cm³/mol. The third-order valence-electron chi connectivity index (χ3n) is 2.28. The van der Waals surface area contributed by atoms with Crippen molar-refractivity contribution in [3.8, 4) is 11.5 Å². The molecule has 0 aliphatic heterocycles. The maximum atomic E-state index is 12.0. The maximum Gasteiger partial charge on any atom is 0.266 e. The Kier molecular flexibility index (Phi) is 3.84. The van der Waals surface area contributed by atoms with Gasteiger partial charge >= 0.3 is 0 Å². The van der Waals surface area contributed by atoms with Crippen LogP contribution in [0.5, 0.6) is 11.5 Å². The highest BCUT2D eigenvalue weighted by Crippen LogP contribution is 2.33. The van der Waals surface area contributed by atoms with Gasteiger partial charge in [0.1, 0.15) is 0 Å². The van der Waals surface area contributed by atoms with Gasteiger partial charge in [-0.25, -0.2) is 0 Å². The summed E-state index contributed by atoms with van der Waals surface area (Å²) in [7, 11) is -0.724. The van der Waals surface area contributed by atoms with Gasteiger partial charge in [0.15, 0.2) is 11.5 Å². The summed E-state index contributed by atoms with van der Waals surface area (Å²) >= 11 is 0. The summed E-state index contributed by atoms with van der Waals surface area (Å²) in [5.74, 6) is 1.09. The normalized spacial score (nSPS) is 11.8. The van der Waals surface area contributed by atoms with Gasteiger partial charge in [-0.2, -0.15) is 0 Å². The number of methoxy groups -OCH3 is 1. The molecule has 0 aromatic heterocycles. The molecule has 88 valence electrons. The predicted octanol–water partition coefficient (Wildman–Crippen LogP) is 2.87. The summed E-state index contributed by atoms with van der Waals surface area (Å²) in [5.41, 5.74) is 0. The second-order valence-corrected chi connectivity index (χ2v) is 4.76. The van der Waals surface area contributed by atoms with Crippen LogP contribution in [0.1, 0.15) is 0 Å². The first-order chi connectivity index (χ1) is 8.31. The topological polar surface area (TPSA) is 35.5 Å². The van der Waals surface area contributed by atoms with Gasteiger partial charge in [-0.05, 0) is 24.3 Å². The van der Waals surface area contributed by atoms with Crippen molar-refractivity contribution in [2.75, 3.05) is 7.11 Å². The molecule has 0 saturated carbocycles. The second kappa shape index (κ2) is 5.55. The zero-order valence-corrected chi connectivity index (χ0v) is 10.4. The molecule has 0 N–H and O–H groups in total. The number of para-hydroxylation sites is 2. The van der Waals surface area contributed by atoms with Crippen molar-refractivity contribution in [1.29, 1.82) is 0 Å². The van der Waals surface area contributed by atoms with Crippen molar-refractivity contribution in [1.82, 2.24) is 0 Å². The Balaban J connectivity index is 2.19. The fraction of sp³-hybridized carbons (Fsp3) is 0.0769. The van der Waals surface area contributed by atoms with E-state index in [2.05, 4.69) is 0 Å². The van der Waals surface area contributed by atoms with E-state index in [4.69, 9.17) is 9.26 Å². The fourth-order valence-electron chi connectivity index (χ4n) is 1.44. The highest BCUT2D eigenvalue weighted by Gasteiger charge is 2.08. The molecule has 1 unspecified atom stereocenters. The zero-order chi connectivity index (χ0) is 12.1. The molecular weight excluding hydrogens is 235 g/mol. The third-order valence-corrected chi connectivity index (χ3v) is 3.49. The van der Waals surface area contributed by atoms with E-state index in [9.17, 15) is 4.57 Å². The van der Waals surface area contributed by atoms with Gasteiger partial charge in [0.2, 0.25) is 0 Å². The molecule has 0 saturated heterocycles. The van der Waals surface area contributed by atoms with Crippen molar-refractivity contribution >= 4 is 13.3 Å². The molecule has 0 amide bonds. The van der Waals surface area contributed by atoms with Crippen LogP contribution in [0.2, 0.25) is 0 Å². The van der Waals surface area contributed by atoms with Crippen LogP contribution in [0.15, 0.2) is 54.6 Å². The van der Waals surface area contributed by atoms with E-state index in [-0.39, 0.29) is 0 Å². The van der Waals surface area contributed by atoms with E-state index in [1.807, 2.05) is 30.3 Å². The number of rotatable bonds is 4. The second-order valence-electron chi connectivity index (χ2n) is 3.41. The molecule has 2 aromatic rings. The molecule has 0 heterocycles. The number of hydrogen-bond acceptors (Lipinski definition) is 3. The van der Waals surface area contributed by atoms with Crippen LogP contribution >= 0.6 is 8.03 Å². The Morgan fingerprint density at radius 1 is 0.882 bits per heavy atom. The highest BCUT2D eigenvalue weighted by atomic mass is 31.1.